The van der Waals surface area contributed by atoms with E-state index in [1.165, 1.54) is 11.3 Å². The second-order valence-corrected chi connectivity index (χ2v) is 8.94. The van der Waals surface area contributed by atoms with E-state index in [4.69, 9.17) is 16.3 Å². The molecule has 1 saturated carbocycles. The summed E-state index contributed by atoms with van der Waals surface area (Å²) in [5.74, 6) is 1.34. The maximum Gasteiger partial charge on any atom is 0.268 e. The lowest BCUT2D eigenvalue weighted by atomic mass is 9.92. The van der Waals surface area contributed by atoms with Crippen molar-refractivity contribution in [3.05, 3.63) is 81.0 Å². The standard InChI is InChI=1S/C24H17ClN2O2S/c1-27-13-20(18-8-11-30-22(18)23(27)28)19-12-15(24(14-26)9-10-24)2-7-21(19)29-17-5-3-16(25)4-6-17/h2-8,11-13H,9-10H2,1H3. The average molecular weight is 433 g/mol. The first-order valence-electron chi connectivity index (χ1n) is 9.57. The zero-order valence-corrected chi connectivity index (χ0v) is 17.8. The normalized spacial score (nSPS) is 14.4. The molecule has 0 saturated heterocycles. The van der Waals surface area contributed by atoms with Crippen molar-refractivity contribution in [2.75, 3.05) is 0 Å². The van der Waals surface area contributed by atoms with E-state index in [1.54, 1.807) is 23.7 Å². The Labute approximate surface area is 182 Å². The van der Waals surface area contributed by atoms with Gasteiger partial charge in [0.25, 0.3) is 5.56 Å². The van der Waals surface area contributed by atoms with E-state index in [0.717, 1.165) is 34.9 Å². The molecule has 4 aromatic rings. The van der Waals surface area contributed by atoms with Crippen LogP contribution >= 0.6 is 22.9 Å². The molecule has 2 aromatic carbocycles. The molecule has 0 radical (unpaired) electrons. The fraction of sp³-hybridized carbons (Fsp3) is 0.167. The minimum atomic E-state index is -0.415. The van der Waals surface area contributed by atoms with Crippen LogP contribution in [0.25, 0.3) is 21.2 Å². The molecule has 2 heterocycles. The first kappa shape index (κ1) is 18.9. The van der Waals surface area contributed by atoms with Crippen LogP contribution in [0.2, 0.25) is 5.02 Å². The van der Waals surface area contributed by atoms with Crippen LogP contribution in [-0.4, -0.2) is 4.57 Å². The van der Waals surface area contributed by atoms with Gasteiger partial charge in [-0.15, -0.1) is 11.3 Å². The van der Waals surface area contributed by atoms with Gasteiger partial charge in [0.15, 0.2) is 0 Å². The van der Waals surface area contributed by atoms with Crippen molar-refractivity contribution >= 4 is 33.0 Å². The van der Waals surface area contributed by atoms with E-state index in [0.29, 0.717) is 21.2 Å². The van der Waals surface area contributed by atoms with Crippen molar-refractivity contribution in [2.45, 2.75) is 18.3 Å². The highest BCUT2D eigenvalue weighted by molar-refractivity contribution is 7.17. The van der Waals surface area contributed by atoms with Crippen molar-refractivity contribution < 1.29 is 4.74 Å². The van der Waals surface area contributed by atoms with Gasteiger partial charge in [-0.1, -0.05) is 17.7 Å². The number of fused-ring (bicyclic) bond motifs is 1. The Kier molecular flexibility index (Phi) is 4.43. The molecule has 4 nitrogen and oxygen atoms in total. The van der Waals surface area contributed by atoms with Gasteiger partial charge in [0.2, 0.25) is 0 Å². The van der Waals surface area contributed by atoms with Crippen molar-refractivity contribution in [3.8, 4) is 28.7 Å². The number of rotatable bonds is 4. The molecule has 6 heteroatoms. The second kappa shape index (κ2) is 7.02. The highest BCUT2D eigenvalue weighted by Crippen LogP contribution is 2.50. The third kappa shape index (κ3) is 3.09. The smallest absolute Gasteiger partial charge is 0.268 e. The van der Waals surface area contributed by atoms with E-state index >= 15 is 0 Å². The summed E-state index contributed by atoms with van der Waals surface area (Å²) >= 11 is 7.44. The van der Waals surface area contributed by atoms with Crippen LogP contribution in [0.3, 0.4) is 0 Å². The highest BCUT2D eigenvalue weighted by atomic mass is 35.5. The van der Waals surface area contributed by atoms with E-state index in [2.05, 4.69) is 6.07 Å². The zero-order chi connectivity index (χ0) is 20.9. The number of aromatic nitrogens is 1. The molecule has 0 bridgehead atoms. The van der Waals surface area contributed by atoms with Gasteiger partial charge in [0, 0.05) is 34.8 Å². The number of thiophene rings is 1. The minimum absolute atomic E-state index is 0.0178. The van der Waals surface area contributed by atoms with Gasteiger partial charge in [0.1, 0.15) is 16.2 Å². The lowest BCUT2D eigenvalue weighted by Gasteiger charge is -2.16. The van der Waals surface area contributed by atoms with E-state index in [9.17, 15) is 10.1 Å². The van der Waals surface area contributed by atoms with Crippen LogP contribution in [0.15, 0.2) is 64.9 Å². The average Bonchev–Trinajstić information content (AvgIpc) is 3.40. The summed E-state index contributed by atoms with van der Waals surface area (Å²) in [7, 11) is 1.76. The molecule has 1 aliphatic carbocycles. The summed E-state index contributed by atoms with van der Waals surface area (Å²) in [5.41, 5.74) is 2.33. The molecule has 0 aliphatic heterocycles. The highest BCUT2D eigenvalue weighted by Gasteiger charge is 2.45. The SMILES string of the molecule is Cn1cc(-c2cc(C3(C#N)CC3)ccc2Oc2ccc(Cl)cc2)c2ccsc2c1=O. The van der Waals surface area contributed by atoms with Gasteiger partial charge < -0.3 is 9.30 Å². The van der Waals surface area contributed by atoms with Gasteiger partial charge in [0.05, 0.1) is 11.5 Å². The third-order valence-corrected chi connectivity index (χ3v) is 6.77. The first-order valence-corrected chi connectivity index (χ1v) is 10.8. The third-order valence-electron chi connectivity index (χ3n) is 5.62. The topological polar surface area (TPSA) is 55.0 Å². The Bertz CT molecular complexity index is 1380. The molecule has 0 spiro atoms. The predicted octanol–water partition coefficient (Wildman–Crippen LogP) is 6.27. The van der Waals surface area contributed by atoms with Gasteiger partial charge in [-0.3, -0.25) is 4.79 Å². The summed E-state index contributed by atoms with van der Waals surface area (Å²) in [6, 6.07) is 17.6. The van der Waals surface area contributed by atoms with Crippen LogP contribution in [0.1, 0.15) is 18.4 Å². The van der Waals surface area contributed by atoms with Crippen LogP contribution in [0.5, 0.6) is 11.5 Å². The number of ether oxygens (including phenoxy) is 1. The van der Waals surface area contributed by atoms with Gasteiger partial charge >= 0.3 is 0 Å². The molecule has 1 fully saturated rings. The van der Waals surface area contributed by atoms with Crippen LogP contribution < -0.4 is 10.3 Å². The van der Waals surface area contributed by atoms with E-state index in [1.807, 2.05) is 48.0 Å². The molecule has 0 amide bonds. The second-order valence-electron chi connectivity index (χ2n) is 7.58. The van der Waals surface area contributed by atoms with E-state index in [-0.39, 0.29) is 5.56 Å². The van der Waals surface area contributed by atoms with Crippen molar-refractivity contribution in [1.82, 2.24) is 4.57 Å². The number of pyridine rings is 1. The Balaban J connectivity index is 1.72. The molecule has 30 heavy (non-hydrogen) atoms. The minimum Gasteiger partial charge on any atom is -0.457 e. The maximum absolute atomic E-state index is 12.5. The van der Waals surface area contributed by atoms with Crippen molar-refractivity contribution in [1.29, 1.82) is 5.26 Å². The maximum atomic E-state index is 12.5. The summed E-state index contributed by atoms with van der Waals surface area (Å²) < 4.78 is 8.52. The lowest BCUT2D eigenvalue weighted by Crippen LogP contribution is -2.15. The summed E-state index contributed by atoms with van der Waals surface area (Å²) in [5, 5.41) is 13.1. The molecule has 1 aliphatic rings. The van der Waals surface area contributed by atoms with Gasteiger partial charge in [-0.25, -0.2) is 0 Å². The molecule has 0 atom stereocenters. The fourth-order valence-corrected chi connectivity index (χ4v) is 4.75. The Morgan fingerprint density at radius 1 is 1.13 bits per heavy atom. The van der Waals surface area contributed by atoms with Crippen LogP contribution in [0, 0.1) is 11.3 Å². The number of aryl methyl sites for hydroxylation is 1. The molecule has 0 unspecified atom stereocenters. The van der Waals surface area contributed by atoms with E-state index < -0.39 is 5.41 Å². The summed E-state index contributed by atoms with van der Waals surface area (Å²) in [6.45, 7) is 0. The number of benzene rings is 2. The quantitative estimate of drug-likeness (QED) is 0.382. The van der Waals surface area contributed by atoms with Gasteiger partial charge in [-0.2, -0.15) is 5.26 Å². The lowest BCUT2D eigenvalue weighted by molar-refractivity contribution is 0.484. The first-order chi connectivity index (χ1) is 14.5. The van der Waals surface area contributed by atoms with Crippen molar-refractivity contribution in [3.63, 3.8) is 0 Å². The number of hydrogen-bond acceptors (Lipinski definition) is 4. The van der Waals surface area contributed by atoms with Gasteiger partial charge in [-0.05, 0) is 66.2 Å². The predicted molar refractivity (Wildman–Crippen MR) is 121 cm³/mol. The fourth-order valence-electron chi connectivity index (χ4n) is 3.73. The molecule has 148 valence electrons. The van der Waals surface area contributed by atoms with Crippen molar-refractivity contribution in [2.24, 2.45) is 7.05 Å². The zero-order valence-electron chi connectivity index (χ0n) is 16.2. The summed E-state index contributed by atoms with van der Waals surface area (Å²) in [4.78, 5) is 12.5. The number of nitriles is 1. The largest absolute Gasteiger partial charge is 0.457 e. The molecule has 0 N–H and O–H groups in total. The number of hydrogen-bond donors (Lipinski definition) is 0. The molecular weight excluding hydrogens is 416 g/mol. The monoisotopic (exact) mass is 432 g/mol. The molecule has 2 aromatic heterocycles. The van der Waals surface area contributed by atoms with Crippen LogP contribution in [-0.2, 0) is 12.5 Å². The Morgan fingerprint density at radius 2 is 1.90 bits per heavy atom. The Hall–Kier alpha value is -3.07. The number of nitrogens with zero attached hydrogens (tertiary/aromatic N) is 2. The van der Waals surface area contributed by atoms with Crippen LogP contribution in [0.4, 0.5) is 0 Å². The molecule has 5 rings (SSSR count). The Morgan fingerprint density at radius 3 is 2.60 bits per heavy atom. The summed E-state index contributed by atoms with van der Waals surface area (Å²) in [6.07, 6.45) is 3.57. The number of halogens is 1. The molecular formula is C24H17ClN2O2S.